The average molecular weight is 288 g/mol. The summed E-state index contributed by atoms with van der Waals surface area (Å²) in [6.45, 7) is 16.2. The Labute approximate surface area is 123 Å². The van der Waals surface area contributed by atoms with Gasteiger partial charge >= 0.3 is 0 Å². The van der Waals surface area contributed by atoms with Crippen molar-refractivity contribution in [1.82, 2.24) is 4.90 Å². The molecular formula is C16H37NOSi. The van der Waals surface area contributed by atoms with Gasteiger partial charge in [0.25, 0.3) is 0 Å². The first-order chi connectivity index (χ1) is 9.05. The first-order valence-corrected chi connectivity index (χ1v) is 11.5. The Balaban J connectivity index is 3.78. The highest BCUT2D eigenvalue weighted by Crippen LogP contribution is 2.15. The molecule has 0 bridgehead atoms. The molecule has 0 aromatic heterocycles. The van der Waals surface area contributed by atoms with E-state index in [0.717, 1.165) is 6.61 Å². The van der Waals surface area contributed by atoms with Crippen molar-refractivity contribution in [2.45, 2.75) is 78.4 Å². The van der Waals surface area contributed by atoms with Crippen LogP contribution in [0.3, 0.4) is 0 Å². The van der Waals surface area contributed by atoms with Crippen LogP contribution in [0.15, 0.2) is 0 Å². The van der Waals surface area contributed by atoms with Crippen LogP contribution in [0.25, 0.3) is 0 Å². The molecule has 0 aromatic carbocycles. The first-order valence-electron chi connectivity index (χ1n) is 8.42. The molecule has 0 aromatic rings. The second-order valence-electron chi connectivity index (χ2n) is 6.20. The van der Waals surface area contributed by atoms with Gasteiger partial charge in [0.2, 0.25) is 0 Å². The molecule has 0 rings (SSSR count). The van der Waals surface area contributed by atoms with E-state index < -0.39 is 8.32 Å². The summed E-state index contributed by atoms with van der Waals surface area (Å²) in [7, 11) is -1.34. The summed E-state index contributed by atoms with van der Waals surface area (Å²) in [6.07, 6.45) is 8.01. The van der Waals surface area contributed by atoms with Crippen LogP contribution in [-0.4, -0.2) is 39.5 Å². The van der Waals surface area contributed by atoms with Crippen molar-refractivity contribution < 1.29 is 4.43 Å². The SMILES string of the molecule is CCCCN(CCCC)CCCC[Si](C)(C)OCC. The van der Waals surface area contributed by atoms with Crippen molar-refractivity contribution in [1.29, 1.82) is 0 Å². The fourth-order valence-corrected chi connectivity index (χ4v) is 4.48. The summed E-state index contributed by atoms with van der Waals surface area (Å²) in [4.78, 5) is 2.67. The quantitative estimate of drug-likeness (QED) is 0.352. The second-order valence-corrected chi connectivity index (χ2v) is 10.5. The van der Waals surface area contributed by atoms with E-state index in [2.05, 4.69) is 38.8 Å². The molecule has 19 heavy (non-hydrogen) atoms. The minimum Gasteiger partial charge on any atom is -0.418 e. The molecular weight excluding hydrogens is 250 g/mol. The van der Waals surface area contributed by atoms with Gasteiger partial charge in [-0.05, 0) is 65.0 Å². The van der Waals surface area contributed by atoms with Gasteiger partial charge < -0.3 is 9.33 Å². The third kappa shape index (κ3) is 11.6. The molecule has 0 heterocycles. The van der Waals surface area contributed by atoms with E-state index in [1.165, 1.54) is 64.2 Å². The fourth-order valence-electron chi connectivity index (χ4n) is 2.45. The largest absolute Gasteiger partial charge is 0.418 e. The summed E-state index contributed by atoms with van der Waals surface area (Å²) in [5.74, 6) is 0. The van der Waals surface area contributed by atoms with Crippen molar-refractivity contribution in [3.05, 3.63) is 0 Å². The predicted molar refractivity (Wildman–Crippen MR) is 89.4 cm³/mol. The smallest absolute Gasteiger partial charge is 0.186 e. The standard InChI is InChI=1S/C16H37NOSi/c1-6-9-13-17(14-10-7-2)15-11-12-16-19(4,5)18-8-3/h6-16H2,1-5H3. The molecule has 0 N–H and O–H groups in total. The molecule has 0 aliphatic heterocycles. The number of rotatable bonds is 13. The molecule has 0 unspecified atom stereocenters. The van der Waals surface area contributed by atoms with Crippen molar-refractivity contribution in [3.8, 4) is 0 Å². The molecule has 116 valence electrons. The van der Waals surface area contributed by atoms with Crippen LogP contribution in [0.1, 0.15) is 59.3 Å². The molecule has 0 amide bonds. The molecule has 2 nitrogen and oxygen atoms in total. The maximum absolute atomic E-state index is 5.89. The molecule has 0 radical (unpaired) electrons. The van der Waals surface area contributed by atoms with E-state index in [9.17, 15) is 0 Å². The Morgan fingerprint density at radius 2 is 1.32 bits per heavy atom. The Morgan fingerprint density at radius 3 is 1.79 bits per heavy atom. The van der Waals surface area contributed by atoms with Gasteiger partial charge in [0.05, 0.1) is 0 Å². The lowest BCUT2D eigenvalue weighted by molar-refractivity contribution is 0.260. The van der Waals surface area contributed by atoms with E-state index in [1.807, 2.05) is 0 Å². The highest BCUT2D eigenvalue weighted by Gasteiger charge is 2.20. The van der Waals surface area contributed by atoms with Gasteiger partial charge in [0.15, 0.2) is 8.32 Å². The third-order valence-electron chi connectivity index (χ3n) is 3.69. The first kappa shape index (κ1) is 19.1. The Bertz CT molecular complexity index is 189. The lowest BCUT2D eigenvalue weighted by Crippen LogP contribution is -2.31. The number of unbranched alkanes of at least 4 members (excludes halogenated alkanes) is 3. The van der Waals surface area contributed by atoms with Gasteiger partial charge in [-0.2, -0.15) is 0 Å². The summed E-state index contributed by atoms with van der Waals surface area (Å²) in [6, 6.07) is 1.32. The zero-order chi connectivity index (χ0) is 14.6. The van der Waals surface area contributed by atoms with E-state index in [4.69, 9.17) is 4.43 Å². The van der Waals surface area contributed by atoms with Gasteiger partial charge in [-0.25, -0.2) is 0 Å². The Hall–Kier alpha value is 0.137. The summed E-state index contributed by atoms with van der Waals surface area (Å²) in [5, 5.41) is 0. The number of hydrogen-bond donors (Lipinski definition) is 0. The molecule has 0 saturated carbocycles. The molecule has 0 aliphatic rings. The zero-order valence-corrected chi connectivity index (χ0v) is 15.1. The van der Waals surface area contributed by atoms with Crippen molar-refractivity contribution in [2.75, 3.05) is 26.2 Å². The summed E-state index contributed by atoms with van der Waals surface area (Å²) in [5.41, 5.74) is 0. The van der Waals surface area contributed by atoms with Crippen molar-refractivity contribution >= 4 is 8.32 Å². The van der Waals surface area contributed by atoms with Gasteiger partial charge in [-0.3, -0.25) is 0 Å². The number of nitrogens with zero attached hydrogens (tertiary/aromatic N) is 1. The van der Waals surface area contributed by atoms with Crippen LogP contribution in [0, 0.1) is 0 Å². The minimum atomic E-state index is -1.34. The van der Waals surface area contributed by atoms with Crippen LogP contribution >= 0.6 is 0 Å². The maximum atomic E-state index is 5.89. The lowest BCUT2D eigenvalue weighted by atomic mass is 10.2. The van der Waals surface area contributed by atoms with Crippen LogP contribution in [-0.2, 0) is 4.43 Å². The fraction of sp³-hybridized carbons (Fsp3) is 1.00. The van der Waals surface area contributed by atoms with Gasteiger partial charge in [-0.15, -0.1) is 0 Å². The average Bonchev–Trinajstić information content (AvgIpc) is 2.36. The van der Waals surface area contributed by atoms with E-state index in [1.54, 1.807) is 0 Å². The van der Waals surface area contributed by atoms with Crippen LogP contribution in [0.4, 0.5) is 0 Å². The molecule has 0 aliphatic carbocycles. The topological polar surface area (TPSA) is 12.5 Å². The highest BCUT2D eigenvalue weighted by atomic mass is 28.4. The van der Waals surface area contributed by atoms with Crippen molar-refractivity contribution in [2.24, 2.45) is 0 Å². The summed E-state index contributed by atoms with van der Waals surface area (Å²) < 4.78 is 5.89. The van der Waals surface area contributed by atoms with E-state index >= 15 is 0 Å². The lowest BCUT2D eigenvalue weighted by Gasteiger charge is -2.24. The second kappa shape index (κ2) is 11.9. The normalized spacial score (nSPS) is 12.3. The monoisotopic (exact) mass is 287 g/mol. The minimum absolute atomic E-state index is 0.887. The number of hydrogen-bond acceptors (Lipinski definition) is 2. The van der Waals surface area contributed by atoms with E-state index in [-0.39, 0.29) is 0 Å². The van der Waals surface area contributed by atoms with Crippen LogP contribution < -0.4 is 0 Å². The predicted octanol–water partition coefficient (Wildman–Crippen LogP) is 4.91. The molecule has 0 spiro atoms. The van der Waals surface area contributed by atoms with Gasteiger partial charge in [0.1, 0.15) is 0 Å². The van der Waals surface area contributed by atoms with Gasteiger partial charge in [-0.1, -0.05) is 33.1 Å². The van der Waals surface area contributed by atoms with E-state index in [0.29, 0.717) is 0 Å². The van der Waals surface area contributed by atoms with Crippen molar-refractivity contribution in [3.63, 3.8) is 0 Å². The molecule has 0 atom stereocenters. The summed E-state index contributed by atoms with van der Waals surface area (Å²) >= 11 is 0. The van der Waals surface area contributed by atoms with Gasteiger partial charge in [0, 0.05) is 6.61 Å². The third-order valence-corrected chi connectivity index (χ3v) is 6.32. The Morgan fingerprint density at radius 1 is 0.789 bits per heavy atom. The van der Waals surface area contributed by atoms with Crippen LogP contribution in [0.2, 0.25) is 19.1 Å². The zero-order valence-electron chi connectivity index (χ0n) is 14.1. The molecule has 0 saturated heterocycles. The maximum Gasteiger partial charge on any atom is 0.186 e. The highest BCUT2D eigenvalue weighted by molar-refractivity contribution is 6.71. The van der Waals surface area contributed by atoms with Crippen LogP contribution in [0.5, 0.6) is 0 Å². The molecule has 0 fully saturated rings. The Kier molecular flexibility index (Phi) is 12.0. The molecule has 3 heteroatoms.